The van der Waals surface area contributed by atoms with Crippen LogP contribution in [-0.2, 0) is 16.0 Å². The van der Waals surface area contributed by atoms with Gasteiger partial charge in [-0.2, -0.15) is 0 Å². The van der Waals surface area contributed by atoms with Crippen LogP contribution in [0.5, 0.6) is 0 Å². The zero-order chi connectivity index (χ0) is 14.4. The van der Waals surface area contributed by atoms with Crippen LogP contribution in [-0.4, -0.2) is 44.1 Å². The summed E-state index contributed by atoms with van der Waals surface area (Å²) < 4.78 is 0. The highest BCUT2D eigenvalue weighted by Crippen LogP contribution is 2.00. The number of carboxylic acids is 1. The van der Waals surface area contributed by atoms with Gasteiger partial charge in [-0.15, -0.1) is 5.10 Å². The van der Waals surface area contributed by atoms with Gasteiger partial charge in [0.25, 0.3) is 5.91 Å². The Kier molecular flexibility index (Phi) is 4.98. The minimum absolute atomic E-state index is 0.0819. The summed E-state index contributed by atoms with van der Waals surface area (Å²) in [4.78, 5) is 37.1. The lowest BCUT2D eigenvalue weighted by Gasteiger charge is -2.11. The topological polar surface area (TPSA) is 151 Å². The van der Waals surface area contributed by atoms with E-state index in [2.05, 4.69) is 20.5 Å². The number of hydrogen-bond acceptors (Lipinski definition) is 5. The molecule has 0 spiro atoms. The summed E-state index contributed by atoms with van der Waals surface area (Å²) >= 11 is 0. The average molecular weight is 269 g/mol. The summed E-state index contributed by atoms with van der Waals surface area (Å²) in [6.07, 6.45) is 0.358. The van der Waals surface area contributed by atoms with E-state index in [-0.39, 0.29) is 18.7 Å². The molecule has 0 saturated carbocycles. The summed E-state index contributed by atoms with van der Waals surface area (Å²) in [6.45, 7) is 1.83. The molecular formula is C10H15N5O4. The summed E-state index contributed by atoms with van der Waals surface area (Å²) in [5.41, 5.74) is 4.93. The van der Waals surface area contributed by atoms with Crippen LogP contribution in [0.4, 0.5) is 0 Å². The smallest absolute Gasteiger partial charge is 0.326 e. The van der Waals surface area contributed by atoms with E-state index in [1.807, 2.05) is 6.92 Å². The molecule has 1 aromatic heterocycles. The number of rotatable bonds is 7. The molecule has 1 aromatic rings. The number of aromatic amines is 1. The second kappa shape index (κ2) is 6.47. The molecule has 0 saturated heterocycles. The van der Waals surface area contributed by atoms with Gasteiger partial charge in [0.05, 0.1) is 0 Å². The number of H-pyrrole nitrogens is 1. The van der Waals surface area contributed by atoms with E-state index in [1.165, 1.54) is 0 Å². The fourth-order valence-corrected chi connectivity index (χ4v) is 1.32. The first kappa shape index (κ1) is 14.6. The Bertz CT molecular complexity index is 484. The lowest BCUT2D eigenvalue weighted by Crippen LogP contribution is -2.41. The van der Waals surface area contributed by atoms with Gasteiger partial charge in [0.15, 0.2) is 0 Å². The molecule has 19 heavy (non-hydrogen) atoms. The SMILES string of the molecule is CCc1nc(C(=O)N[C@@H](CCC(N)=O)C(=O)O)n[nH]1. The first-order chi connectivity index (χ1) is 8.93. The second-order valence-corrected chi connectivity index (χ2v) is 3.83. The van der Waals surface area contributed by atoms with Crippen molar-refractivity contribution in [2.45, 2.75) is 32.2 Å². The number of carbonyl (C=O) groups is 3. The molecule has 0 aliphatic carbocycles. The molecule has 0 unspecified atom stereocenters. The van der Waals surface area contributed by atoms with Crippen molar-refractivity contribution >= 4 is 17.8 Å². The van der Waals surface area contributed by atoms with Gasteiger partial charge >= 0.3 is 5.97 Å². The van der Waals surface area contributed by atoms with Crippen LogP contribution in [0.1, 0.15) is 36.2 Å². The number of carboxylic acid groups (broad SMARTS) is 1. The highest BCUT2D eigenvalue weighted by molar-refractivity contribution is 5.93. The van der Waals surface area contributed by atoms with Gasteiger partial charge in [-0.1, -0.05) is 6.92 Å². The van der Waals surface area contributed by atoms with Crippen LogP contribution >= 0.6 is 0 Å². The number of amides is 2. The second-order valence-electron chi connectivity index (χ2n) is 3.83. The van der Waals surface area contributed by atoms with E-state index in [9.17, 15) is 14.4 Å². The molecule has 104 valence electrons. The van der Waals surface area contributed by atoms with Gasteiger partial charge < -0.3 is 16.2 Å². The third kappa shape index (κ3) is 4.37. The molecule has 0 aromatic carbocycles. The predicted molar refractivity (Wildman–Crippen MR) is 63.1 cm³/mol. The fourth-order valence-electron chi connectivity index (χ4n) is 1.32. The number of aliphatic carboxylic acids is 1. The molecule has 0 aliphatic heterocycles. The molecule has 1 heterocycles. The third-order valence-electron chi connectivity index (χ3n) is 2.35. The maximum atomic E-state index is 11.7. The first-order valence-corrected chi connectivity index (χ1v) is 5.67. The molecular weight excluding hydrogens is 254 g/mol. The number of primary amides is 1. The fraction of sp³-hybridized carbons (Fsp3) is 0.500. The number of nitrogens with two attached hydrogens (primary N) is 1. The maximum Gasteiger partial charge on any atom is 0.326 e. The van der Waals surface area contributed by atoms with E-state index in [1.54, 1.807) is 0 Å². The minimum atomic E-state index is -1.25. The van der Waals surface area contributed by atoms with Crippen molar-refractivity contribution in [1.82, 2.24) is 20.5 Å². The standard InChI is InChI=1S/C10H15N5O4/c1-2-7-13-8(15-14-7)9(17)12-5(10(18)19)3-4-6(11)16/h5H,2-4H2,1H3,(H2,11,16)(H,12,17)(H,18,19)(H,13,14,15)/t5-/m0/s1. The summed E-state index contributed by atoms with van der Waals surface area (Å²) in [6, 6.07) is -1.21. The zero-order valence-corrected chi connectivity index (χ0v) is 10.3. The summed E-state index contributed by atoms with van der Waals surface area (Å²) in [5, 5.41) is 17.4. The van der Waals surface area contributed by atoms with Crippen molar-refractivity contribution in [2.75, 3.05) is 0 Å². The Morgan fingerprint density at radius 1 is 1.47 bits per heavy atom. The first-order valence-electron chi connectivity index (χ1n) is 5.67. The number of aromatic nitrogens is 3. The van der Waals surface area contributed by atoms with Gasteiger partial charge in [0.1, 0.15) is 11.9 Å². The highest BCUT2D eigenvalue weighted by atomic mass is 16.4. The molecule has 0 radical (unpaired) electrons. The van der Waals surface area contributed by atoms with Crippen molar-refractivity contribution in [3.63, 3.8) is 0 Å². The lowest BCUT2D eigenvalue weighted by atomic mass is 10.1. The molecule has 1 atom stereocenters. The number of hydrogen-bond donors (Lipinski definition) is 4. The Morgan fingerprint density at radius 2 is 2.16 bits per heavy atom. The van der Waals surface area contributed by atoms with Crippen LogP contribution in [0, 0.1) is 0 Å². The summed E-state index contributed by atoms with van der Waals surface area (Å²) in [7, 11) is 0. The Hall–Kier alpha value is -2.45. The molecule has 2 amide bonds. The van der Waals surface area contributed by atoms with Gasteiger partial charge in [-0.3, -0.25) is 14.7 Å². The third-order valence-corrected chi connectivity index (χ3v) is 2.35. The lowest BCUT2D eigenvalue weighted by molar-refractivity contribution is -0.139. The quantitative estimate of drug-likeness (QED) is 0.488. The van der Waals surface area contributed by atoms with Crippen molar-refractivity contribution in [1.29, 1.82) is 0 Å². The Labute approximate surface area is 108 Å². The van der Waals surface area contributed by atoms with E-state index < -0.39 is 23.8 Å². The van der Waals surface area contributed by atoms with Crippen molar-refractivity contribution in [3.8, 4) is 0 Å². The normalized spacial score (nSPS) is 11.8. The maximum absolute atomic E-state index is 11.7. The van der Waals surface area contributed by atoms with Crippen LogP contribution in [0.3, 0.4) is 0 Å². The largest absolute Gasteiger partial charge is 0.480 e. The van der Waals surface area contributed by atoms with Crippen LogP contribution in [0.15, 0.2) is 0 Å². The van der Waals surface area contributed by atoms with Crippen LogP contribution in [0.25, 0.3) is 0 Å². The number of carbonyl (C=O) groups excluding carboxylic acids is 2. The van der Waals surface area contributed by atoms with Crippen LogP contribution < -0.4 is 11.1 Å². The number of aryl methyl sites for hydroxylation is 1. The Balaban J connectivity index is 2.65. The molecule has 0 bridgehead atoms. The predicted octanol–water partition coefficient (Wildman–Crippen LogP) is -1.18. The molecule has 9 nitrogen and oxygen atoms in total. The monoisotopic (exact) mass is 269 g/mol. The van der Waals surface area contributed by atoms with E-state index in [4.69, 9.17) is 10.8 Å². The number of nitrogens with one attached hydrogen (secondary N) is 2. The van der Waals surface area contributed by atoms with Gasteiger partial charge in [0.2, 0.25) is 11.7 Å². The highest BCUT2D eigenvalue weighted by Gasteiger charge is 2.23. The van der Waals surface area contributed by atoms with Crippen molar-refractivity contribution in [3.05, 3.63) is 11.6 Å². The molecule has 5 N–H and O–H groups in total. The van der Waals surface area contributed by atoms with Crippen molar-refractivity contribution < 1.29 is 19.5 Å². The average Bonchev–Trinajstić information content (AvgIpc) is 2.82. The van der Waals surface area contributed by atoms with Gasteiger partial charge in [-0.05, 0) is 6.42 Å². The minimum Gasteiger partial charge on any atom is -0.480 e. The molecule has 0 aliphatic rings. The molecule has 9 heteroatoms. The zero-order valence-electron chi connectivity index (χ0n) is 10.3. The van der Waals surface area contributed by atoms with Gasteiger partial charge in [0, 0.05) is 12.8 Å². The molecule has 0 fully saturated rings. The molecule has 1 rings (SSSR count). The van der Waals surface area contributed by atoms with E-state index in [0.29, 0.717) is 12.2 Å². The number of nitrogens with zero attached hydrogens (tertiary/aromatic N) is 2. The Morgan fingerprint density at radius 3 is 2.63 bits per heavy atom. The van der Waals surface area contributed by atoms with Crippen molar-refractivity contribution in [2.24, 2.45) is 5.73 Å². The van der Waals surface area contributed by atoms with Crippen LogP contribution in [0.2, 0.25) is 0 Å². The summed E-state index contributed by atoms with van der Waals surface area (Å²) in [5.74, 6) is -2.21. The van der Waals surface area contributed by atoms with Gasteiger partial charge in [-0.25, -0.2) is 9.78 Å². The van der Waals surface area contributed by atoms with E-state index >= 15 is 0 Å². The van der Waals surface area contributed by atoms with E-state index in [0.717, 1.165) is 0 Å².